The molecule has 106 valence electrons. The standard InChI is InChI=1S/C12H23NO4S/c1-11-7-18(15,16)6-4-13(11)8-12(9-14)3-2-5-17-10-12/h11,14H,2-10H2,1H3. The van der Waals surface area contributed by atoms with Gasteiger partial charge in [-0.1, -0.05) is 0 Å². The lowest BCUT2D eigenvalue weighted by Gasteiger charge is -2.43. The van der Waals surface area contributed by atoms with Gasteiger partial charge in [0, 0.05) is 31.2 Å². The number of hydrogen-bond donors (Lipinski definition) is 1. The van der Waals surface area contributed by atoms with Crippen LogP contribution in [0.2, 0.25) is 0 Å². The van der Waals surface area contributed by atoms with E-state index in [0.717, 1.165) is 26.0 Å². The van der Waals surface area contributed by atoms with Gasteiger partial charge in [-0.25, -0.2) is 8.42 Å². The van der Waals surface area contributed by atoms with Gasteiger partial charge in [0.1, 0.15) is 0 Å². The Hall–Kier alpha value is -0.170. The number of aliphatic hydroxyl groups excluding tert-OH is 1. The van der Waals surface area contributed by atoms with Gasteiger partial charge in [-0.3, -0.25) is 4.90 Å². The van der Waals surface area contributed by atoms with Gasteiger partial charge in [-0.05, 0) is 19.8 Å². The molecule has 0 aromatic carbocycles. The Morgan fingerprint density at radius 3 is 2.83 bits per heavy atom. The quantitative estimate of drug-likeness (QED) is 0.780. The third-order valence-corrected chi connectivity index (χ3v) is 5.88. The summed E-state index contributed by atoms with van der Waals surface area (Å²) in [6.45, 7) is 4.73. The number of aliphatic hydroxyl groups is 1. The highest BCUT2D eigenvalue weighted by molar-refractivity contribution is 7.91. The fourth-order valence-electron chi connectivity index (χ4n) is 2.91. The van der Waals surface area contributed by atoms with Crippen molar-refractivity contribution in [1.29, 1.82) is 0 Å². The minimum absolute atomic E-state index is 0.0362. The van der Waals surface area contributed by atoms with Crippen LogP contribution in [0.4, 0.5) is 0 Å². The molecule has 0 aromatic heterocycles. The Balaban J connectivity index is 2.00. The Bertz CT molecular complexity index is 376. The molecule has 0 aromatic rings. The second kappa shape index (κ2) is 5.45. The van der Waals surface area contributed by atoms with Crippen molar-refractivity contribution in [2.24, 2.45) is 5.41 Å². The van der Waals surface area contributed by atoms with Crippen LogP contribution >= 0.6 is 0 Å². The molecule has 2 saturated heterocycles. The zero-order valence-electron chi connectivity index (χ0n) is 11.0. The van der Waals surface area contributed by atoms with E-state index in [1.54, 1.807) is 0 Å². The Kier molecular flexibility index (Phi) is 4.31. The monoisotopic (exact) mass is 277 g/mol. The lowest BCUT2D eigenvalue weighted by Crippen LogP contribution is -2.53. The molecule has 2 rings (SSSR count). The van der Waals surface area contributed by atoms with Crippen LogP contribution in [0.3, 0.4) is 0 Å². The Labute approximate surface area is 109 Å². The molecule has 5 nitrogen and oxygen atoms in total. The van der Waals surface area contributed by atoms with Crippen LogP contribution in [-0.2, 0) is 14.6 Å². The highest BCUT2D eigenvalue weighted by Crippen LogP contribution is 2.30. The predicted octanol–water partition coefficient (Wildman–Crippen LogP) is -0.106. The lowest BCUT2D eigenvalue weighted by molar-refractivity contribution is -0.0587. The van der Waals surface area contributed by atoms with Crippen LogP contribution in [0.25, 0.3) is 0 Å². The average molecular weight is 277 g/mol. The van der Waals surface area contributed by atoms with Crippen molar-refractivity contribution < 1.29 is 18.3 Å². The topological polar surface area (TPSA) is 66.8 Å². The Morgan fingerprint density at radius 1 is 1.50 bits per heavy atom. The van der Waals surface area contributed by atoms with E-state index in [1.165, 1.54) is 0 Å². The summed E-state index contributed by atoms with van der Waals surface area (Å²) in [6, 6.07) is 0.0362. The van der Waals surface area contributed by atoms with Crippen molar-refractivity contribution in [3.05, 3.63) is 0 Å². The van der Waals surface area contributed by atoms with Crippen molar-refractivity contribution in [2.75, 3.05) is 44.4 Å². The summed E-state index contributed by atoms with van der Waals surface area (Å²) in [5.41, 5.74) is -0.201. The van der Waals surface area contributed by atoms with Crippen molar-refractivity contribution in [2.45, 2.75) is 25.8 Å². The van der Waals surface area contributed by atoms with Crippen LogP contribution in [0, 0.1) is 5.41 Å². The normalized spacial score (nSPS) is 37.6. The van der Waals surface area contributed by atoms with E-state index < -0.39 is 9.84 Å². The molecule has 0 radical (unpaired) electrons. The molecule has 1 N–H and O–H groups in total. The molecule has 2 unspecified atom stereocenters. The maximum Gasteiger partial charge on any atom is 0.153 e. The zero-order chi connectivity index (χ0) is 13.2. The minimum atomic E-state index is -2.87. The SMILES string of the molecule is CC1CS(=O)(=O)CCN1CC1(CO)CCCOC1. The van der Waals surface area contributed by atoms with E-state index in [-0.39, 0.29) is 29.6 Å². The summed E-state index contributed by atoms with van der Waals surface area (Å²) in [4.78, 5) is 2.19. The first-order valence-electron chi connectivity index (χ1n) is 6.59. The summed E-state index contributed by atoms with van der Waals surface area (Å²) in [5.74, 6) is 0.467. The highest BCUT2D eigenvalue weighted by atomic mass is 32.2. The molecule has 2 atom stereocenters. The second-order valence-corrected chi connectivity index (χ2v) is 7.98. The third kappa shape index (κ3) is 3.23. The van der Waals surface area contributed by atoms with Gasteiger partial charge in [0.15, 0.2) is 9.84 Å². The first kappa shape index (κ1) is 14.2. The molecule has 0 bridgehead atoms. The molecule has 18 heavy (non-hydrogen) atoms. The molecule has 2 heterocycles. The van der Waals surface area contributed by atoms with Crippen molar-refractivity contribution in [3.8, 4) is 0 Å². The molecule has 2 aliphatic rings. The number of hydrogen-bond acceptors (Lipinski definition) is 5. The third-order valence-electron chi connectivity index (χ3n) is 4.09. The molecule has 6 heteroatoms. The fourth-order valence-corrected chi connectivity index (χ4v) is 4.53. The van der Waals surface area contributed by atoms with E-state index in [4.69, 9.17) is 4.74 Å². The van der Waals surface area contributed by atoms with Gasteiger partial charge >= 0.3 is 0 Å². The molecule has 2 aliphatic heterocycles. The van der Waals surface area contributed by atoms with Crippen molar-refractivity contribution >= 4 is 9.84 Å². The van der Waals surface area contributed by atoms with E-state index in [1.807, 2.05) is 6.92 Å². The molecule has 0 spiro atoms. The maximum atomic E-state index is 11.5. The number of rotatable bonds is 3. The van der Waals surface area contributed by atoms with Crippen LogP contribution in [0.5, 0.6) is 0 Å². The molecule has 0 amide bonds. The Morgan fingerprint density at radius 2 is 2.28 bits per heavy atom. The smallest absolute Gasteiger partial charge is 0.153 e. The van der Waals surface area contributed by atoms with Crippen LogP contribution < -0.4 is 0 Å². The summed E-state index contributed by atoms with van der Waals surface area (Å²) in [7, 11) is -2.87. The van der Waals surface area contributed by atoms with Crippen molar-refractivity contribution in [1.82, 2.24) is 4.90 Å². The van der Waals surface area contributed by atoms with Gasteiger partial charge in [-0.2, -0.15) is 0 Å². The van der Waals surface area contributed by atoms with Crippen LogP contribution in [0.1, 0.15) is 19.8 Å². The molecule has 0 saturated carbocycles. The van der Waals surface area contributed by atoms with E-state index >= 15 is 0 Å². The number of ether oxygens (including phenoxy) is 1. The highest BCUT2D eigenvalue weighted by Gasteiger charge is 2.38. The fraction of sp³-hybridized carbons (Fsp3) is 1.00. The van der Waals surface area contributed by atoms with Gasteiger partial charge < -0.3 is 9.84 Å². The largest absolute Gasteiger partial charge is 0.396 e. The molecule has 0 aliphatic carbocycles. The van der Waals surface area contributed by atoms with Gasteiger partial charge in [0.25, 0.3) is 0 Å². The molecular formula is C12H23NO4S. The molecule has 2 fully saturated rings. The summed E-state index contributed by atoms with van der Waals surface area (Å²) in [5, 5.41) is 9.64. The van der Waals surface area contributed by atoms with E-state index in [2.05, 4.69) is 4.90 Å². The first-order valence-corrected chi connectivity index (χ1v) is 8.42. The lowest BCUT2D eigenvalue weighted by atomic mass is 9.82. The van der Waals surface area contributed by atoms with Crippen LogP contribution in [-0.4, -0.2) is 68.9 Å². The van der Waals surface area contributed by atoms with Crippen LogP contribution in [0.15, 0.2) is 0 Å². The predicted molar refractivity (Wildman–Crippen MR) is 69.3 cm³/mol. The second-order valence-electron chi connectivity index (χ2n) is 5.75. The van der Waals surface area contributed by atoms with E-state index in [9.17, 15) is 13.5 Å². The molecular weight excluding hydrogens is 254 g/mol. The van der Waals surface area contributed by atoms with Gasteiger partial charge in [0.05, 0.1) is 24.7 Å². The maximum absolute atomic E-state index is 11.5. The van der Waals surface area contributed by atoms with Gasteiger partial charge in [-0.15, -0.1) is 0 Å². The average Bonchev–Trinajstić information content (AvgIpc) is 2.34. The number of sulfone groups is 1. The van der Waals surface area contributed by atoms with Gasteiger partial charge in [0.2, 0.25) is 0 Å². The number of nitrogens with zero attached hydrogens (tertiary/aromatic N) is 1. The summed E-state index contributed by atoms with van der Waals surface area (Å²) in [6.07, 6.45) is 1.93. The summed E-state index contributed by atoms with van der Waals surface area (Å²) >= 11 is 0. The van der Waals surface area contributed by atoms with Crippen molar-refractivity contribution in [3.63, 3.8) is 0 Å². The minimum Gasteiger partial charge on any atom is -0.396 e. The van der Waals surface area contributed by atoms with E-state index in [0.29, 0.717) is 13.2 Å². The first-order chi connectivity index (χ1) is 8.46. The summed E-state index contributed by atoms with van der Waals surface area (Å²) < 4.78 is 28.6. The zero-order valence-corrected chi connectivity index (χ0v) is 11.8.